The summed E-state index contributed by atoms with van der Waals surface area (Å²) in [4.78, 5) is 20.2. The fraction of sp³-hybridized carbons (Fsp3) is 0.143. The summed E-state index contributed by atoms with van der Waals surface area (Å²) in [6.45, 7) is 3.08. The van der Waals surface area contributed by atoms with Crippen molar-refractivity contribution in [1.29, 1.82) is 0 Å². The molecule has 1 fully saturated rings. The molecule has 0 N–H and O–H groups in total. The van der Waals surface area contributed by atoms with Crippen molar-refractivity contribution in [3.63, 3.8) is 0 Å². The quantitative estimate of drug-likeness (QED) is 0.295. The van der Waals surface area contributed by atoms with E-state index in [1.807, 2.05) is 55.6 Å². The van der Waals surface area contributed by atoms with Crippen LogP contribution in [0.4, 0.5) is 10.1 Å². The maximum Gasteiger partial charge on any atom is 0.266 e. The minimum absolute atomic E-state index is 0.0554. The third kappa shape index (κ3) is 4.72. The first kappa shape index (κ1) is 22.9. The first-order valence-corrected chi connectivity index (χ1v) is 12.1. The van der Waals surface area contributed by atoms with Gasteiger partial charge in [-0.2, -0.15) is 0 Å². The lowest BCUT2D eigenvalue weighted by Crippen LogP contribution is -2.28. The van der Waals surface area contributed by atoms with E-state index in [-0.39, 0.29) is 11.7 Å². The van der Waals surface area contributed by atoms with Gasteiger partial charge in [0.1, 0.15) is 11.6 Å². The number of carbonyl (C=O) groups is 1. The number of benzene rings is 3. The Labute approximate surface area is 207 Å². The van der Waals surface area contributed by atoms with Crippen LogP contribution in [0.5, 0.6) is 5.75 Å². The number of aromatic nitrogens is 1. The lowest BCUT2D eigenvalue weighted by Gasteiger charge is -2.12. The summed E-state index contributed by atoms with van der Waals surface area (Å²) in [5.41, 5.74) is 3.78. The second-order valence-electron chi connectivity index (χ2n) is 8.11. The topological polar surface area (TPSA) is 46.8 Å². The molecule has 176 valence electrons. The van der Waals surface area contributed by atoms with Crippen molar-refractivity contribution >= 4 is 45.5 Å². The number of hydrogen-bond donors (Lipinski definition) is 0. The number of thioether (sulfide) groups is 1. The van der Waals surface area contributed by atoms with Crippen LogP contribution in [-0.2, 0) is 11.3 Å². The Morgan fingerprint density at radius 2 is 1.77 bits per heavy atom. The van der Waals surface area contributed by atoms with Crippen molar-refractivity contribution in [2.24, 2.45) is 4.99 Å². The molecule has 5 nitrogen and oxygen atoms in total. The minimum atomic E-state index is -0.249. The van der Waals surface area contributed by atoms with Crippen LogP contribution in [0.1, 0.15) is 18.1 Å². The average molecular weight is 486 g/mol. The zero-order valence-electron chi connectivity index (χ0n) is 19.4. The number of fused-ring (bicyclic) bond motifs is 1. The highest BCUT2D eigenvalue weighted by atomic mass is 32.2. The van der Waals surface area contributed by atoms with Crippen molar-refractivity contribution in [2.75, 3.05) is 13.7 Å². The van der Waals surface area contributed by atoms with E-state index in [9.17, 15) is 9.18 Å². The Morgan fingerprint density at radius 1 is 1.03 bits per heavy atom. The monoisotopic (exact) mass is 485 g/mol. The normalized spacial score (nSPS) is 16.1. The van der Waals surface area contributed by atoms with E-state index < -0.39 is 0 Å². The number of carbonyl (C=O) groups excluding carboxylic acids is 1. The van der Waals surface area contributed by atoms with E-state index in [1.54, 1.807) is 24.1 Å². The SMILES string of the molecule is CCN1C(=O)/C(=C\c2cn(Cc3ccc(F)cc3)c3ccccc23)SC1=Nc1ccc(OC)cc1. The Bertz CT molecular complexity index is 1440. The molecule has 4 aromatic rings. The van der Waals surface area contributed by atoms with Crippen LogP contribution in [0, 0.1) is 5.82 Å². The van der Waals surface area contributed by atoms with Gasteiger partial charge in [-0.25, -0.2) is 9.38 Å². The molecule has 0 unspecified atom stereocenters. The van der Waals surface area contributed by atoms with Crippen molar-refractivity contribution in [3.05, 3.63) is 101 Å². The van der Waals surface area contributed by atoms with Gasteiger partial charge < -0.3 is 9.30 Å². The fourth-order valence-electron chi connectivity index (χ4n) is 4.09. The van der Waals surface area contributed by atoms with E-state index >= 15 is 0 Å². The summed E-state index contributed by atoms with van der Waals surface area (Å²) in [7, 11) is 1.62. The van der Waals surface area contributed by atoms with Gasteiger partial charge in [-0.15, -0.1) is 0 Å². The molecule has 1 aromatic heterocycles. The Balaban J connectivity index is 1.49. The van der Waals surface area contributed by atoms with E-state index in [0.717, 1.165) is 33.5 Å². The number of amidine groups is 1. The second-order valence-corrected chi connectivity index (χ2v) is 9.12. The zero-order chi connectivity index (χ0) is 24.4. The first-order valence-electron chi connectivity index (χ1n) is 11.3. The van der Waals surface area contributed by atoms with Crippen molar-refractivity contribution in [3.8, 4) is 5.75 Å². The van der Waals surface area contributed by atoms with Gasteiger partial charge in [0.25, 0.3) is 5.91 Å². The number of aliphatic imine (C=N–C) groups is 1. The molecule has 35 heavy (non-hydrogen) atoms. The summed E-state index contributed by atoms with van der Waals surface area (Å²) in [5.74, 6) is 0.454. The van der Waals surface area contributed by atoms with Gasteiger partial charge in [-0.3, -0.25) is 9.69 Å². The number of ether oxygens (including phenoxy) is 1. The number of hydrogen-bond acceptors (Lipinski definition) is 4. The largest absolute Gasteiger partial charge is 0.497 e. The number of rotatable bonds is 6. The molecule has 1 aliphatic rings. The summed E-state index contributed by atoms with van der Waals surface area (Å²) in [5, 5.41) is 1.71. The molecule has 0 atom stereocenters. The number of para-hydroxylation sites is 1. The maximum atomic E-state index is 13.3. The standard InChI is InChI=1S/C28H24FN3O2S/c1-3-32-27(33)26(35-28(32)30-22-12-14-23(34-2)15-13-22)16-20-18-31(25-7-5-4-6-24(20)25)17-19-8-10-21(29)11-9-19/h4-16,18H,3,17H2,1-2H3/b26-16+,30-28?. The van der Waals surface area contributed by atoms with Crippen LogP contribution in [0.25, 0.3) is 17.0 Å². The molecule has 3 aromatic carbocycles. The van der Waals surface area contributed by atoms with Crippen LogP contribution in [0.3, 0.4) is 0 Å². The number of nitrogens with zero attached hydrogens (tertiary/aromatic N) is 3. The third-order valence-electron chi connectivity index (χ3n) is 5.87. The average Bonchev–Trinajstić information content (AvgIpc) is 3.37. The van der Waals surface area contributed by atoms with Crippen molar-refractivity contribution < 1.29 is 13.9 Å². The predicted molar refractivity (Wildman–Crippen MR) is 140 cm³/mol. The number of likely N-dealkylation sites (N-methyl/N-ethyl adjacent to an activating group) is 1. The molecule has 0 bridgehead atoms. The predicted octanol–water partition coefficient (Wildman–Crippen LogP) is 6.46. The molecular weight excluding hydrogens is 461 g/mol. The van der Waals surface area contributed by atoms with Crippen LogP contribution in [0.15, 0.2) is 88.9 Å². The molecular formula is C28H24FN3O2S. The summed E-state index contributed by atoms with van der Waals surface area (Å²) >= 11 is 1.38. The van der Waals surface area contributed by atoms with Gasteiger partial charge in [-0.05, 0) is 72.8 Å². The van der Waals surface area contributed by atoms with Gasteiger partial charge >= 0.3 is 0 Å². The smallest absolute Gasteiger partial charge is 0.266 e. The minimum Gasteiger partial charge on any atom is -0.497 e. The molecule has 0 radical (unpaired) electrons. The van der Waals surface area contributed by atoms with Gasteiger partial charge in [-0.1, -0.05) is 30.3 Å². The van der Waals surface area contributed by atoms with E-state index in [1.165, 1.54) is 23.9 Å². The lowest BCUT2D eigenvalue weighted by molar-refractivity contribution is -0.122. The highest BCUT2D eigenvalue weighted by molar-refractivity contribution is 8.18. The zero-order valence-corrected chi connectivity index (χ0v) is 20.3. The van der Waals surface area contributed by atoms with Crippen molar-refractivity contribution in [2.45, 2.75) is 13.5 Å². The highest BCUT2D eigenvalue weighted by Gasteiger charge is 2.32. The van der Waals surface area contributed by atoms with Gasteiger partial charge in [0, 0.05) is 35.8 Å². The van der Waals surface area contributed by atoms with E-state index in [4.69, 9.17) is 9.73 Å². The third-order valence-corrected chi connectivity index (χ3v) is 6.88. The van der Waals surface area contributed by atoms with Gasteiger partial charge in [0.15, 0.2) is 5.17 Å². The molecule has 1 aliphatic heterocycles. The second kappa shape index (κ2) is 9.80. The van der Waals surface area contributed by atoms with Crippen LogP contribution < -0.4 is 4.74 Å². The molecule has 5 rings (SSSR count). The maximum absolute atomic E-state index is 13.3. The van der Waals surface area contributed by atoms with Crippen molar-refractivity contribution in [1.82, 2.24) is 9.47 Å². The number of amides is 1. The molecule has 0 aliphatic carbocycles. The lowest BCUT2D eigenvalue weighted by atomic mass is 10.1. The molecule has 1 saturated heterocycles. The highest BCUT2D eigenvalue weighted by Crippen LogP contribution is 2.36. The first-order chi connectivity index (χ1) is 17.1. The van der Waals surface area contributed by atoms with Gasteiger partial charge in [0.05, 0.1) is 17.7 Å². The fourth-order valence-corrected chi connectivity index (χ4v) is 5.14. The van der Waals surface area contributed by atoms with Crippen LogP contribution in [0.2, 0.25) is 0 Å². The van der Waals surface area contributed by atoms with Crippen LogP contribution in [-0.4, -0.2) is 34.2 Å². The van der Waals surface area contributed by atoms with Crippen LogP contribution >= 0.6 is 11.8 Å². The van der Waals surface area contributed by atoms with Gasteiger partial charge in [0.2, 0.25) is 0 Å². The summed E-state index contributed by atoms with van der Waals surface area (Å²) in [6, 6.07) is 22.1. The Kier molecular flexibility index (Phi) is 6.42. The number of methoxy groups -OCH3 is 1. The van der Waals surface area contributed by atoms with E-state index in [0.29, 0.717) is 23.2 Å². The summed E-state index contributed by atoms with van der Waals surface area (Å²) in [6.07, 6.45) is 3.99. The Hall–Kier alpha value is -3.84. The summed E-state index contributed by atoms with van der Waals surface area (Å²) < 4.78 is 20.7. The molecule has 1 amide bonds. The molecule has 7 heteroatoms. The number of halogens is 1. The Morgan fingerprint density at radius 3 is 2.49 bits per heavy atom. The van der Waals surface area contributed by atoms with E-state index in [2.05, 4.69) is 16.7 Å². The molecule has 2 heterocycles. The molecule has 0 saturated carbocycles. The molecule has 0 spiro atoms.